The van der Waals surface area contributed by atoms with Gasteiger partial charge in [0.25, 0.3) is 0 Å². The van der Waals surface area contributed by atoms with E-state index in [2.05, 4.69) is 22.4 Å². The first kappa shape index (κ1) is 9.30. The molecule has 1 N–H and O–H groups in total. The van der Waals surface area contributed by atoms with Crippen LogP contribution in [0, 0.1) is 5.92 Å². The van der Waals surface area contributed by atoms with Crippen molar-refractivity contribution in [3.05, 3.63) is 11.7 Å². The summed E-state index contributed by atoms with van der Waals surface area (Å²) in [6.45, 7) is 4.60. The summed E-state index contributed by atoms with van der Waals surface area (Å²) >= 11 is 0. The third-order valence-corrected chi connectivity index (χ3v) is 3.10. The molecule has 1 saturated heterocycles. The maximum absolute atomic E-state index is 5.56. The normalized spacial score (nSPS) is 35.4. The first-order valence-electron chi connectivity index (χ1n) is 5.50. The van der Waals surface area contributed by atoms with E-state index in [-0.39, 0.29) is 6.10 Å². The zero-order valence-corrected chi connectivity index (χ0v) is 8.77. The van der Waals surface area contributed by atoms with Gasteiger partial charge in [0, 0.05) is 19.0 Å². The van der Waals surface area contributed by atoms with Crippen molar-refractivity contribution in [2.75, 3.05) is 19.7 Å². The van der Waals surface area contributed by atoms with Gasteiger partial charge < -0.3 is 14.6 Å². The average molecular weight is 209 g/mol. The first-order valence-corrected chi connectivity index (χ1v) is 5.50. The molecule has 3 unspecified atom stereocenters. The molecule has 82 valence electrons. The molecule has 0 bridgehead atoms. The lowest BCUT2D eigenvalue weighted by atomic mass is 10.3. The van der Waals surface area contributed by atoms with Gasteiger partial charge in [-0.25, -0.2) is 0 Å². The first-order chi connectivity index (χ1) is 7.34. The number of hydrogen-bond donors (Lipinski definition) is 1. The minimum atomic E-state index is -0.0368. The van der Waals surface area contributed by atoms with Crippen molar-refractivity contribution in [2.24, 2.45) is 5.92 Å². The summed E-state index contributed by atoms with van der Waals surface area (Å²) in [4.78, 5) is 4.40. The fourth-order valence-electron chi connectivity index (χ4n) is 1.93. The average Bonchev–Trinajstić information content (AvgIpc) is 2.83. The molecule has 3 atom stereocenters. The van der Waals surface area contributed by atoms with Crippen molar-refractivity contribution < 1.29 is 9.26 Å². The molecule has 0 amide bonds. The van der Waals surface area contributed by atoms with Crippen LogP contribution in [-0.2, 0) is 4.74 Å². The Morgan fingerprint density at radius 1 is 1.47 bits per heavy atom. The topological polar surface area (TPSA) is 60.2 Å². The molecule has 0 radical (unpaired) electrons. The lowest BCUT2D eigenvalue weighted by Crippen LogP contribution is -2.33. The van der Waals surface area contributed by atoms with Crippen molar-refractivity contribution >= 4 is 0 Å². The Kier molecular flexibility index (Phi) is 2.21. The number of morpholine rings is 1. The number of nitrogens with one attached hydrogen (secondary N) is 1. The van der Waals surface area contributed by atoms with Gasteiger partial charge >= 0.3 is 0 Å². The van der Waals surface area contributed by atoms with E-state index < -0.39 is 0 Å². The van der Waals surface area contributed by atoms with Gasteiger partial charge in [0.2, 0.25) is 11.7 Å². The second-order valence-electron chi connectivity index (χ2n) is 4.37. The highest BCUT2D eigenvalue weighted by Gasteiger charge is 2.39. The molecule has 0 spiro atoms. The number of hydrogen-bond acceptors (Lipinski definition) is 5. The highest BCUT2D eigenvalue weighted by Crippen LogP contribution is 2.46. The maximum atomic E-state index is 5.56. The van der Waals surface area contributed by atoms with Crippen LogP contribution in [0.3, 0.4) is 0 Å². The minimum absolute atomic E-state index is 0.0368. The van der Waals surface area contributed by atoms with Crippen LogP contribution in [0.5, 0.6) is 0 Å². The standard InChI is InChI=1S/C10H15N3O2/c1-6-4-7(6)10-12-9(13-15-10)8-5-11-2-3-14-8/h6-8,11H,2-5H2,1H3. The molecule has 1 saturated carbocycles. The summed E-state index contributed by atoms with van der Waals surface area (Å²) in [6.07, 6.45) is 1.14. The van der Waals surface area contributed by atoms with Gasteiger partial charge in [-0.05, 0) is 12.3 Å². The molecule has 1 aliphatic carbocycles. The van der Waals surface area contributed by atoms with Crippen LogP contribution in [0.4, 0.5) is 0 Å². The molecule has 1 aromatic heterocycles. The van der Waals surface area contributed by atoms with Crippen LogP contribution in [0.15, 0.2) is 4.52 Å². The molecule has 5 heteroatoms. The highest BCUT2D eigenvalue weighted by molar-refractivity contribution is 5.07. The Bertz CT molecular complexity index is 346. The van der Waals surface area contributed by atoms with Gasteiger partial charge in [0.15, 0.2) is 0 Å². The second kappa shape index (κ2) is 3.57. The van der Waals surface area contributed by atoms with Crippen molar-refractivity contribution in [1.29, 1.82) is 0 Å². The smallest absolute Gasteiger partial charge is 0.230 e. The molecular weight excluding hydrogens is 194 g/mol. The summed E-state index contributed by atoms with van der Waals surface area (Å²) in [5.41, 5.74) is 0. The fourth-order valence-corrected chi connectivity index (χ4v) is 1.93. The van der Waals surface area contributed by atoms with Crippen LogP contribution < -0.4 is 5.32 Å². The van der Waals surface area contributed by atoms with Gasteiger partial charge in [-0.3, -0.25) is 0 Å². The molecule has 15 heavy (non-hydrogen) atoms. The van der Waals surface area contributed by atoms with Gasteiger partial charge in [-0.15, -0.1) is 0 Å². The summed E-state index contributed by atoms with van der Waals surface area (Å²) in [6, 6.07) is 0. The fraction of sp³-hybridized carbons (Fsp3) is 0.800. The van der Waals surface area contributed by atoms with Crippen LogP contribution in [0.2, 0.25) is 0 Å². The molecule has 1 aromatic rings. The number of rotatable bonds is 2. The van der Waals surface area contributed by atoms with Crippen molar-refractivity contribution in [2.45, 2.75) is 25.4 Å². The van der Waals surface area contributed by atoms with E-state index in [1.54, 1.807) is 0 Å². The predicted octanol–water partition coefficient (Wildman–Crippen LogP) is 0.854. The highest BCUT2D eigenvalue weighted by atomic mass is 16.5. The largest absolute Gasteiger partial charge is 0.367 e. The van der Waals surface area contributed by atoms with E-state index in [1.807, 2.05) is 0 Å². The van der Waals surface area contributed by atoms with Gasteiger partial charge in [0.05, 0.1) is 6.61 Å². The lowest BCUT2D eigenvalue weighted by Gasteiger charge is -2.20. The van der Waals surface area contributed by atoms with E-state index in [0.29, 0.717) is 24.3 Å². The van der Waals surface area contributed by atoms with Gasteiger partial charge in [0.1, 0.15) is 6.10 Å². The predicted molar refractivity (Wildman–Crippen MR) is 52.4 cm³/mol. The molecule has 2 aliphatic rings. The van der Waals surface area contributed by atoms with Crippen LogP contribution in [-0.4, -0.2) is 29.8 Å². The van der Waals surface area contributed by atoms with Crippen LogP contribution in [0.1, 0.15) is 37.1 Å². The minimum Gasteiger partial charge on any atom is -0.367 e. The molecule has 5 nitrogen and oxygen atoms in total. The number of aromatic nitrogens is 2. The van der Waals surface area contributed by atoms with E-state index in [9.17, 15) is 0 Å². The quantitative estimate of drug-likeness (QED) is 0.782. The zero-order valence-electron chi connectivity index (χ0n) is 8.77. The SMILES string of the molecule is CC1CC1c1nc(C2CNCCO2)no1. The Balaban J connectivity index is 1.72. The molecule has 2 fully saturated rings. The van der Waals surface area contributed by atoms with Crippen molar-refractivity contribution in [3.8, 4) is 0 Å². The third kappa shape index (κ3) is 1.77. The van der Waals surface area contributed by atoms with E-state index >= 15 is 0 Å². The monoisotopic (exact) mass is 209 g/mol. The number of ether oxygens (including phenoxy) is 1. The van der Waals surface area contributed by atoms with Crippen LogP contribution in [0.25, 0.3) is 0 Å². The summed E-state index contributed by atoms with van der Waals surface area (Å²) in [5.74, 6) is 2.66. The Morgan fingerprint density at radius 2 is 2.33 bits per heavy atom. The van der Waals surface area contributed by atoms with E-state index in [1.165, 1.54) is 6.42 Å². The van der Waals surface area contributed by atoms with Gasteiger partial charge in [-0.2, -0.15) is 4.98 Å². The van der Waals surface area contributed by atoms with E-state index in [0.717, 1.165) is 19.0 Å². The zero-order chi connectivity index (χ0) is 10.3. The maximum Gasteiger partial charge on any atom is 0.230 e. The lowest BCUT2D eigenvalue weighted by molar-refractivity contribution is 0.0208. The van der Waals surface area contributed by atoms with Crippen molar-refractivity contribution in [3.63, 3.8) is 0 Å². The van der Waals surface area contributed by atoms with E-state index in [4.69, 9.17) is 9.26 Å². The summed E-state index contributed by atoms with van der Waals surface area (Å²) in [5, 5.41) is 7.23. The Hall–Kier alpha value is -0.940. The molecule has 0 aromatic carbocycles. The number of nitrogens with zero attached hydrogens (tertiary/aromatic N) is 2. The van der Waals surface area contributed by atoms with Gasteiger partial charge in [-0.1, -0.05) is 12.1 Å². The second-order valence-corrected chi connectivity index (χ2v) is 4.37. The molecular formula is C10H15N3O2. The summed E-state index contributed by atoms with van der Waals surface area (Å²) in [7, 11) is 0. The third-order valence-electron chi connectivity index (χ3n) is 3.10. The summed E-state index contributed by atoms with van der Waals surface area (Å²) < 4.78 is 10.8. The van der Waals surface area contributed by atoms with Crippen molar-refractivity contribution in [1.82, 2.24) is 15.5 Å². The molecule has 1 aliphatic heterocycles. The molecule has 2 heterocycles. The van der Waals surface area contributed by atoms with Crippen LogP contribution >= 0.6 is 0 Å². The Labute approximate surface area is 88.2 Å². The Morgan fingerprint density at radius 3 is 3.00 bits per heavy atom. The molecule has 3 rings (SSSR count).